The summed E-state index contributed by atoms with van der Waals surface area (Å²) in [6.45, 7) is 0. The fraction of sp³-hybridized carbons (Fsp3) is 0. The summed E-state index contributed by atoms with van der Waals surface area (Å²) in [5.41, 5.74) is -7.32. The molecule has 9 aromatic carbocycles. The Morgan fingerprint density at radius 3 is 1.53 bits per heavy atom. The van der Waals surface area contributed by atoms with E-state index in [0.29, 0.717) is 0 Å². The molecule has 3 heteroatoms. The Labute approximate surface area is 373 Å². The van der Waals surface area contributed by atoms with Gasteiger partial charge in [-0.2, -0.15) is 0 Å². The summed E-state index contributed by atoms with van der Waals surface area (Å²) < 4.78 is 285. The van der Waals surface area contributed by atoms with E-state index in [-0.39, 0.29) is 11.3 Å². The molecular weight excluding hydrogens is 691 g/mol. The summed E-state index contributed by atoms with van der Waals surface area (Å²) in [6, 6.07) is -22.3. The first-order valence-corrected chi connectivity index (χ1v) is 17.1. The standard InChI is InChI=1S/C54H35N3/c1-2-16-36(17-3-1)37-18-12-19-38(34-37)39-20-13-21-40(35-39)55-46-27-8-6-24-43(46)44-26-14-33-52(54(44)55)57-49-30-11-7-25-45(49)53-50(31-15-32-51(53)57)56-47-28-9-4-22-41(47)42-23-5-10-29-48(42)56/h1-35H/i1D,2D,3D,4D,5D,6D,7D,8D,9D,10D,11D,12D,14D,15D,16D,17D,18D,19D,22D,23D,24D,25D,26D,27D,28D,29D,30D,31D,32D,33D,34D. The maximum absolute atomic E-state index is 9.94. The van der Waals surface area contributed by atoms with E-state index in [1.165, 1.54) is 24.3 Å². The molecule has 0 fully saturated rings. The van der Waals surface area contributed by atoms with Gasteiger partial charge in [0.1, 0.15) is 0 Å². The van der Waals surface area contributed by atoms with Crippen LogP contribution in [-0.4, -0.2) is 13.7 Å². The van der Waals surface area contributed by atoms with Gasteiger partial charge in [0.25, 0.3) is 0 Å². The highest BCUT2D eigenvalue weighted by Gasteiger charge is 2.23. The van der Waals surface area contributed by atoms with E-state index in [9.17, 15) is 17.8 Å². The summed E-state index contributed by atoms with van der Waals surface area (Å²) in [4.78, 5) is 0. The van der Waals surface area contributed by atoms with Crippen LogP contribution in [0.2, 0.25) is 0 Å². The molecule has 57 heavy (non-hydrogen) atoms. The fourth-order valence-electron chi connectivity index (χ4n) is 7.36. The molecule has 0 N–H and O–H groups in total. The highest BCUT2D eigenvalue weighted by atomic mass is 15.1. The van der Waals surface area contributed by atoms with Crippen molar-refractivity contribution in [3.63, 3.8) is 0 Å². The van der Waals surface area contributed by atoms with E-state index in [1.54, 1.807) is 0 Å². The third-order valence-electron chi connectivity index (χ3n) is 9.64. The molecule has 3 heterocycles. The zero-order valence-corrected chi connectivity index (χ0v) is 28.7. The van der Waals surface area contributed by atoms with Crippen molar-refractivity contribution < 1.29 is 42.5 Å². The van der Waals surface area contributed by atoms with Gasteiger partial charge < -0.3 is 13.7 Å². The van der Waals surface area contributed by atoms with Gasteiger partial charge in [0.2, 0.25) is 0 Å². The van der Waals surface area contributed by atoms with Gasteiger partial charge >= 0.3 is 0 Å². The van der Waals surface area contributed by atoms with E-state index in [4.69, 9.17) is 24.7 Å². The lowest BCUT2D eigenvalue weighted by Gasteiger charge is -2.16. The van der Waals surface area contributed by atoms with Crippen LogP contribution in [0.25, 0.3) is 105 Å². The predicted molar refractivity (Wildman–Crippen MR) is 240 cm³/mol. The quantitative estimate of drug-likeness (QED) is 0.166. The normalized spacial score (nSPS) is 19.5. The summed E-state index contributed by atoms with van der Waals surface area (Å²) in [5.74, 6) is 0. The zero-order chi connectivity index (χ0) is 64.4. The fourth-order valence-corrected chi connectivity index (χ4v) is 7.36. The molecule has 0 aliphatic carbocycles. The third kappa shape index (κ3) is 4.73. The van der Waals surface area contributed by atoms with E-state index in [1.807, 2.05) is 0 Å². The van der Waals surface area contributed by atoms with Crippen molar-refractivity contribution in [1.29, 1.82) is 0 Å². The average Bonchev–Trinajstić information content (AvgIpc) is 1.52. The van der Waals surface area contributed by atoms with Crippen LogP contribution >= 0.6 is 0 Å². The number of aromatic nitrogens is 3. The molecular formula is C54H35N3. The molecule has 266 valence electrons. The number of benzene rings is 9. The zero-order valence-electron chi connectivity index (χ0n) is 59.7. The molecule has 0 bridgehead atoms. The van der Waals surface area contributed by atoms with Gasteiger partial charge in [0.05, 0.1) is 87.0 Å². The topological polar surface area (TPSA) is 14.8 Å². The molecule has 0 unspecified atom stereocenters. The SMILES string of the molecule is [2H]c1c([2H])c([2H])c(-c2c([2H])c([2H])c([2H])c(-c3cccc(-n4c5c([2H])c([2H])c([2H])c([2H])c5c5c([2H])c([2H])c([2H])c(-n6c7c([2H])c([2H])c([2H])c([2H])c7c7c(-n8c9c([2H])c([2H])c([2H])c([2H])c9c9c([2H])c([2H])c([2H])c([2H])c98)c([2H])c([2H])c([2H])c76)c54)c3)c2[2H])c([2H])c1[2H]. The lowest BCUT2D eigenvalue weighted by Crippen LogP contribution is -2.01. The molecule has 0 saturated heterocycles. The second kappa shape index (κ2) is 12.5. The molecule has 0 aliphatic rings. The minimum absolute atomic E-state index is 0.186. The lowest BCUT2D eigenvalue weighted by atomic mass is 9.99. The second-order valence-electron chi connectivity index (χ2n) is 12.6. The second-order valence-corrected chi connectivity index (χ2v) is 12.6. The average molecular weight is 757 g/mol. The number of hydrogen-bond donors (Lipinski definition) is 0. The van der Waals surface area contributed by atoms with Gasteiger partial charge in [0.15, 0.2) is 0 Å². The van der Waals surface area contributed by atoms with Crippen LogP contribution in [0.3, 0.4) is 0 Å². The highest BCUT2D eigenvalue weighted by molar-refractivity contribution is 6.18. The van der Waals surface area contributed by atoms with Gasteiger partial charge in [-0.1, -0.05) is 151 Å². The first kappa shape index (κ1) is 13.8. The van der Waals surface area contributed by atoms with Gasteiger partial charge in [-0.3, -0.25) is 0 Å². The summed E-state index contributed by atoms with van der Waals surface area (Å²) in [5, 5.41) is -3.28. The molecule has 0 amide bonds. The van der Waals surface area contributed by atoms with Crippen LogP contribution in [0.5, 0.6) is 0 Å². The van der Waals surface area contributed by atoms with E-state index in [0.717, 1.165) is 13.7 Å². The van der Waals surface area contributed by atoms with Crippen molar-refractivity contribution in [3.8, 4) is 39.3 Å². The molecule has 0 saturated carbocycles. The van der Waals surface area contributed by atoms with Crippen LogP contribution in [0, 0.1) is 0 Å². The van der Waals surface area contributed by atoms with Crippen LogP contribution in [-0.2, 0) is 0 Å². The maximum atomic E-state index is 9.94. The number of rotatable bonds is 5. The van der Waals surface area contributed by atoms with Crippen molar-refractivity contribution in [2.24, 2.45) is 0 Å². The van der Waals surface area contributed by atoms with E-state index < -0.39 is 281 Å². The van der Waals surface area contributed by atoms with Crippen molar-refractivity contribution in [1.82, 2.24) is 13.7 Å². The Morgan fingerprint density at radius 1 is 0.333 bits per heavy atom. The minimum atomic E-state index is -1.05. The monoisotopic (exact) mass is 756 g/mol. The van der Waals surface area contributed by atoms with Crippen LogP contribution in [0.1, 0.15) is 42.5 Å². The Balaban J connectivity index is 1.33. The maximum Gasteiger partial charge on any atom is 0.0782 e. The molecule has 0 spiro atoms. The van der Waals surface area contributed by atoms with Crippen molar-refractivity contribution in [2.45, 2.75) is 0 Å². The summed E-state index contributed by atoms with van der Waals surface area (Å²) in [7, 11) is 0. The van der Waals surface area contributed by atoms with Gasteiger partial charge in [-0.15, -0.1) is 0 Å². The first-order chi connectivity index (χ1) is 41.2. The van der Waals surface area contributed by atoms with Crippen LogP contribution in [0.4, 0.5) is 0 Å². The predicted octanol–water partition coefficient (Wildman–Crippen LogP) is 14.3. The van der Waals surface area contributed by atoms with Crippen LogP contribution in [0.15, 0.2) is 212 Å². The molecule has 12 aromatic rings. The molecule has 3 nitrogen and oxygen atoms in total. The lowest BCUT2D eigenvalue weighted by molar-refractivity contribution is 1.13. The number of para-hydroxylation sites is 5. The molecule has 0 radical (unpaired) electrons. The Hall–Kier alpha value is -7.62. The number of hydrogen-bond acceptors (Lipinski definition) is 0. The summed E-state index contributed by atoms with van der Waals surface area (Å²) >= 11 is 0. The van der Waals surface area contributed by atoms with E-state index >= 15 is 0 Å². The Kier molecular flexibility index (Phi) is 3.02. The van der Waals surface area contributed by atoms with Gasteiger partial charge in [-0.25, -0.2) is 0 Å². The molecule has 0 aliphatic heterocycles. The van der Waals surface area contributed by atoms with Crippen molar-refractivity contribution in [2.75, 3.05) is 0 Å². The third-order valence-corrected chi connectivity index (χ3v) is 9.64. The molecule has 12 rings (SSSR count). The van der Waals surface area contributed by atoms with Crippen LogP contribution < -0.4 is 0 Å². The highest BCUT2D eigenvalue weighted by Crippen LogP contribution is 2.43. The summed E-state index contributed by atoms with van der Waals surface area (Å²) in [6.07, 6.45) is 0. The first-order valence-electron chi connectivity index (χ1n) is 32.6. The molecule has 3 aromatic heterocycles. The van der Waals surface area contributed by atoms with Crippen molar-refractivity contribution in [3.05, 3.63) is 212 Å². The van der Waals surface area contributed by atoms with Gasteiger partial charge in [0, 0.05) is 38.0 Å². The number of fused-ring (bicyclic) bond motifs is 9. The van der Waals surface area contributed by atoms with Crippen molar-refractivity contribution >= 4 is 65.4 Å². The minimum Gasteiger partial charge on any atom is -0.309 e. The Bertz CT molecular complexity index is 5240. The van der Waals surface area contributed by atoms with E-state index in [2.05, 4.69) is 0 Å². The Morgan fingerprint density at radius 2 is 0.807 bits per heavy atom. The van der Waals surface area contributed by atoms with Gasteiger partial charge in [-0.05, 0) is 82.7 Å². The largest absolute Gasteiger partial charge is 0.309 e. The number of nitrogens with zero attached hydrogens (tertiary/aromatic N) is 3. The molecule has 0 atom stereocenters. The smallest absolute Gasteiger partial charge is 0.0782 e.